The van der Waals surface area contributed by atoms with Gasteiger partial charge in [0, 0.05) is 10.6 Å². The lowest BCUT2D eigenvalue weighted by Crippen LogP contribution is -2.47. The summed E-state index contributed by atoms with van der Waals surface area (Å²) in [5.41, 5.74) is 0.678. The molecule has 138 valence electrons. The predicted octanol–water partition coefficient (Wildman–Crippen LogP) is 3.88. The number of hydrogen-bond acceptors (Lipinski definition) is 3. The highest BCUT2D eigenvalue weighted by atomic mass is 35.5. The highest BCUT2D eigenvalue weighted by molar-refractivity contribution is 6.31. The van der Waals surface area contributed by atoms with Crippen molar-refractivity contribution in [2.45, 2.75) is 19.9 Å². The average Bonchev–Trinajstić information content (AvgIpc) is 2.59. The Labute approximate surface area is 156 Å². The van der Waals surface area contributed by atoms with Crippen molar-refractivity contribution in [1.82, 2.24) is 5.32 Å². The zero-order valence-electron chi connectivity index (χ0n) is 14.7. The standard InChI is InChI=1S/C19H20ClFN2O3/c1-11(2)17(23-18(24)12-4-7-14(21)8-5-12)19(25)22-15-10-13(20)6-9-16(15)26-3/h4-11,17H,1-3H3,(H,22,25)(H,23,24). The van der Waals surface area contributed by atoms with Crippen LogP contribution in [0.3, 0.4) is 0 Å². The number of halogens is 2. The van der Waals surface area contributed by atoms with Crippen LogP contribution < -0.4 is 15.4 Å². The first-order chi connectivity index (χ1) is 12.3. The SMILES string of the molecule is COc1ccc(Cl)cc1NC(=O)C(NC(=O)c1ccc(F)cc1)C(C)C. The first-order valence-corrected chi connectivity index (χ1v) is 8.40. The lowest BCUT2D eigenvalue weighted by atomic mass is 10.0. The van der Waals surface area contributed by atoms with Crippen LogP contribution in [0.25, 0.3) is 0 Å². The van der Waals surface area contributed by atoms with E-state index in [-0.39, 0.29) is 11.5 Å². The summed E-state index contributed by atoms with van der Waals surface area (Å²) in [4.78, 5) is 25.0. The Morgan fingerprint density at radius 1 is 1.12 bits per heavy atom. The molecule has 7 heteroatoms. The van der Waals surface area contributed by atoms with Crippen LogP contribution in [0.4, 0.5) is 10.1 Å². The van der Waals surface area contributed by atoms with Crippen molar-refractivity contribution in [3.8, 4) is 5.75 Å². The number of carbonyl (C=O) groups is 2. The van der Waals surface area contributed by atoms with Gasteiger partial charge >= 0.3 is 0 Å². The molecule has 0 radical (unpaired) electrons. The Morgan fingerprint density at radius 2 is 1.77 bits per heavy atom. The Bertz CT molecular complexity index is 794. The maximum Gasteiger partial charge on any atom is 0.251 e. The van der Waals surface area contributed by atoms with Gasteiger partial charge in [0.15, 0.2) is 0 Å². The molecule has 2 amide bonds. The topological polar surface area (TPSA) is 67.4 Å². The predicted molar refractivity (Wildman–Crippen MR) is 99.1 cm³/mol. The van der Waals surface area contributed by atoms with Gasteiger partial charge in [-0.1, -0.05) is 25.4 Å². The van der Waals surface area contributed by atoms with Gasteiger partial charge in [0.05, 0.1) is 12.8 Å². The Morgan fingerprint density at radius 3 is 2.35 bits per heavy atom. The van der Waals surface area contributed by atoms with Crippen molar-refractivity contribution in [3.05, 3.63) is 58.9 Å². The lowest BCUT2D eigenvalue weighted by molar-refractivity contribution is -0.118. The molecule has 0 fully saturated rings. The van der Waals surface area contributed by atoms with E-state index in [0.717, 1.165) is 0 Å². The fraction of sp³-hybridized carbons (Fsp3) is 0.263. The molecule has 0 saturated heterocycles. The van der Waals surface area contributed by atoms with E-state index in [2.05, 4.69) is 10.6 Å². The van der Waals surface area contributed by atoms with Crippen molar-refractivity contribution >= 4 is 29.1 Å². The van der Waals surface area contributed by atoms with E-state index in [4.69, 9.17) is 16.3 Å². The first-order valence-electron chi connectivity index (χ1n) is 8.02. The number of methoxy groups -OCH3 is 1. The Kier molecular flexibility index (Phi) is 6.58. The summed E-state index contributed by atoms with van der Waals surface area (Å²) in [5.74, 6) is -1.03. The number of amides is 2. The highest BCUT2D eigenvalue weighted by Gasteiger charge is 2.25. The molecule has 0 heterocycles. The van der Waals surface area contributed by atoms with Crippen LogP contribution >= 0.6 is 11.6 Å². The van der Waals surface area contributed by atoms with Gasteiger partial charge < -0.3 is 15.4 Å². The fourth-order valence-electron chi connectivity index (χ4n) is 2.35. The normalized spacial score (nSPS) is 11.8. The van der Waals surface area contributed by atoms with Gasteiger partial charge in [0.1, 0.15) is 17.6 Å². The van der Waals surface area contributed by atoms with E-state index in [1.807, 2.05) is 13.8 Å². The Balaban J connectivity index is 2.16. The summed E-state index contributed by atoms with van der Waals surface area (Å²) >= 11 is 5.97. The maximum atomic E-state index is 13.0. The van der Waals surface area contributed by atoms with Crippen molar-refractivity contribution in [3.63, 3.8) is 0 Å². The van der Waals surface area contributed by atoms with Crippen LogP contribution in [0.15, 0.2) is 42.5 Å². The third-order valence-electron chi connectivity index (χ3n) is 3.76. The largest absolute Gasteiger partial charge is 0.495 e. The molecule has 1 unspecified atom stereocenters. The van der Waals surface area contributed by atoms with Crippen LogP contribution in [0.5, 0.6) is 5.75 Å². The summed E-state index contributed by atoms with van der Waals surface area (Å²) < 4.78 is 18.2. The molecule has 0 aliphatic heterocycles. The van der Waals surface area contributed by atoms with E-state index in [0.29, 0.717) is 16.5 Å². The summed E-state index contributed by atoms with van der Waals surface area (Å²) in [6, 6.07) is 9.16. The van der Waals surface area contributed by atoms with Gasteiger partial charge in [-0.2, -0.15) is 0 Å². The molecule has 1 atom stereocenters. The molecule has 26 heavy (non-hydrogen) atoms. The second-order valence-electron chi connectivity index (χ2n) is 6.04. The van der Waals surface area contributed by atoms with Crippen molar-refractivity contribution in [2.75, 3.05) is 12.4 Å². The van der Waals surface area contributed by atoms with Crippen molar-refractivity contribution in [2.24, 2.45) is 5.92 Å². The number of nitrogens with one attached hydrogen (secondary N) is 2. The molecule has 2 aromatic rings. The van der Waals surface area contributed by atoms with Gasteiger partial charge in [-0.25, -0.2) is 4.39 Å². The van der Waals surface area contributed by atoms with Gasteiger partial charge in [-0.05, 0) is 48.4 Å². The van der Waals surface area contributed by atoms with Crippen molar-refractivity contribution < 1.29 is 18.7 Å². The van der Waals surface area contributed by atoms with E-state index in [9.17, 15) is 14.0 Å². The van der Waals surface area contributed by atoms with Crippen LogP contribution in [-0.2, 0) is 4.79 Å². The second-order valence-corrected chi connectivity index (χ2v) is 6.47. The van der Waals surface area contributed by atoms with Gasteiger partial charge in [0.25, 0.3) is 5.91 Å². The molecule has 0 saturated carbocycles. The van der Waals surface area contributed by atoms with E-state index < -0.39 is 23.7 Å². The molecule has 2 N–H and O–H groups in total. The molecule has 0 aliphatic carbocycles. The first kappa shape index (κ1) is 19.7. The average molecular weight is 379 g/mol. The number of hydrogen-bond donors (Lipinski definition) is 2. The van der Waals surface area contributed by atoms with E-state index in [1.54, 1.807) is 18.2 Å². The van der Waals surface area contributed by atoms with Crippen LogP contribution in [0.1, 0.15) is 24.2 Å². The van der Waals surface area contributed by atoms with Gasteiger partial charge in [0.2, 0.25) is 5.91 Å². The molecule has 5 nitrogen and oxygen atoms in total. The third-order valence-corrected chi connectivity index (χ3v) is 4.00. The van der Waals surface area contributed by atoms with Crippen LogP contribution in [0, 0.1) is 11.7 Å². The Hall–Kier alpha value is -2.60. The minimum Gasteiger partial charge on any atom is -0.495 e. The van der Waals surface area contributed by atoms with Gasteiger partial charge in [-0.3, -0.25) is 9.59 Å². The number of rotatable bonds is 6. The monoisotopic (exact) mass is 378 g/mol. The molecule has 0 spiro atoms. The zero-order chi connectivity index (χ0) is 19.3. The molecule has 0 bridgehead atoms. The van der Waals surface area contributed by atoms with E-state index in [1.165, 1.54) is 31.4 Å². The molecule has 0 aromatic heterocycles. The third kappa shape index (κ3) is 4.95. The minimum absolute atomic E-state index is 0.176. The number of benzene rings is 2. The maximum absolute atomic E-state index is 13.0. The molecule has 2 aromatic carbocycles. The summed E-state index contributed by atoms with van der Waals surface area (Å²) in [6.45, 7) is 3.62. The lowest BCUT2D eigenvalue weighted by Gasteiger charge is -2.22. The quantitative estimate of drug-likeness (QED) is 0.801. The zero-order valence-corrected chi connectivity index (χ0v) is 15.4. The van der Waals surface area contributed by atoms with Crippen LogP contribution in [-0.4, -0.2) is 25.0 Å². The number of ether oxygens (including phenoxy) is 1. The summed E-state index contributed by atoms with van der Waals surface area (Å²) in [5, 5.41) is 5.85. The number of carbonyl (C=O) groups excluding carboxylic acids is 2. The second kappa shape index (κ2) is 8.67. The summed E-state index contributed by atoms with van der Waals surface area (Å²) in [6.07, 6.45) is 0. The smallest absolute Gasteiger partial charge is 0.251 e. The molecule has 2 rings (SSSR count). The molecular weight excluding hydrogens is 359 g/mol. The molecular formula is C19H20ClFN2O3. The highest BCUT2D eigenvalue weighted by Crippen LogP contribution is 2.28. The molecule has 0 aliphatic rings. The van der Waals surface area contributed by atoms with Crippen LogP contribution in [0.2, 0.25) is 5.02 Å². The van der Waals surface area contributed by atoms with E-state index >= 15 is 0 Å². The summed E-state index contributed by atoms with van der Waals surface area (Å²) in [7, 11) is 1.48. The van der Waals surface area contributed by atoms with Gasteiger partial charge in [-0.15, -0.1) is 0 Å². The fourth-order valence-corrected chi connectivity index (χ4v) is 2.52. The van der Waals surface area contributed by atoms with Crippen molar-refractivity contribution in [1.29, 1.82) is 0 Å². The number of anilines is 1. The minimum atomic E-state index is -0.795.